The molecule has 1 aromatic carbocycles. The zero-order chi connectivity index (χ0) is 11.1. The van der Waals surface area contributed by atoms with E-state index in [1.807, 2.05) is 0 Å². The molecule has 0 aromatic heterocycles. The van der Waals surface area contributed by atoms with Gasteiger partial charge in [-0.3, -0.25) is 0 Å². The Bertz CT molecular complexity index is 284. The van der Waals surface area contributed by atoms with Crippen LogP contribution in [0.15, 0.2) is 18.2 Å². The molecule has 84 valence electrons. The second-order valence-corrected chi connectivity index (χ2v) is 3.28. The van der Waals surface area contributed by atoms with Crippen LogP contribution < -0.4 is 5.32 Å². The van der Waals surface area contributed by atoms with Crippen molar-refractivity contribution in [2.24, 2.45) is 0 Å². The van der Waals surface area contributed by atoms with E-state index < -0.39 is 11.6 Å². The molecule has 0 saturated heterocycles. The Morgan fingerprint density at radius 1 is 1.13 bits per heavy atom. The normalized spacial score (nSPS) is 10.3. The fourth-order valence-electron chi connectivity index (χ4n) is 1.26. The van der Waals surface area contributed by atoms with Crippen molar-refractivity contribution in [1.29, 1.82) is 0 Å². The van der Waals surface area contributed by atoms with Gasteiger partial charge in [-0.1, -0.05) is 0 Å². The van der Waals surface area contributed by atoms with Gasteiger partial charge in [0.2, 0.25) is 0 Å². The van der Waals surface area contributed by atoms with E-state index in [0.29, 0.717) is 18.8 Å². The highest BCUT2D eigenvalue weighted by Gasteiger charge is 1.99. The minimum Gasteiger partial charge on any atom is -0.385 e. The van der Waals surface area contributed by atoms with Crippen molar-refractivity contribution in [3.63, 3.8) is 0 Å². The molecule has 0 heterocycles. The van der Waals surface area contributed by atoms with Gasteiger partial charge in [0, 0.05) is 32.0 Å². The van der Waals surface area contributed by atoms with E-state index in [9.17, 15) is 8.78 Å². The molecule has 0 spiro atoms. The molecule has 0 amide bonds. The molecule has 0 aliphatic heterocycles. The molecular formula is C11H15F2NO. The predicted octanol–water partition coefficient (Wildman–Crippen LogP) is 2.80. The molecule has 4 heteroatoms. The highest BCUT2D eigenvalue weighted by atomic mass is 19.1. The Balaban J connectivity index is 2.31. The van der Waals surface area contributed by atoms with Crippen LogP contribution in [0.5, 0.6) is 0 Å². The summed E-state index contributed by atoms with van der Waals surface area (Å²) in [6, 6.07) is 3.41. The van der Waals surface area contributed by atoms with E-state index >= 15 is 0 Å². The summed E-state index contributed by atoms with van der Waals surface area (Å²) in [5.74, 6) is -1.12. The summed E-state index contributed by atoms with van der Waals surface area (Å²) in [5, 5.41) is 2.95. The van der Waals surface area contributed by atoms with E-state index in [0.717, 1.165) is 18.9 Å². The van der Waals surface area contributed by atoms with Crippen LogP contribution in [-0.4, -0.2) is 20.3 Å². The minimum absolute atomic E-state index is 0.477. The number of hydrogen-bond acceptors (Lipinski definition) is 2. The predicted molar refractivity (Wildman–Crippen MR) is 56.0 cm³/mol. The SMILES string of the molecule is COCCCCNc1cc(F)cc(F)c1. The Hall–Kier alpha value is -1.16. The van der Waals surface area contributed by atoms with Gasteiger partial charge in [-0.15, -0.1) is 0 Å². The first-order valence-corrected chi connectivity index (χ1v) is 4.91. The zero-order valence-corrected chi connectivity index (χ0v) is 8.72. The van der Waals surface area contributed by atoms with Gasteiger partial charge >= 0.3 is 0 Å². The number of anilines is 1. The van der Waals surface area contributed by atoms with Gasteiger partial charge in [-0.05, 0) is 25.0 Å². The number of nitrogens with one attached hydrogen (secondary N) is 1. The Morgan fingerprint density at radius 3 is 2.40 bits per heavy atom. The van der Waals surface area contributed by atoms with Gasteiger partial charge in [0.15, 0.2) is 0 Å². The number of benzene rings is 1. The number of halogens is 2. The first-order chi connectivity index (χ1) is 7.22. The molecule has 0 atom stereocenters. The fraction of sp³-hybridized carbons (Fsp3) is 0.455. The lowest BCUT2D eigenvalue weighted by molar-refractivity contribution is 0.194. The number of ether oxygens (including phenoxy) is 1. The molecule has 15 heavy (non-hydrogen) atoms. The molecule has 0 fully saturated rings. The Morgan fingerprint density at radius 2 is 1.80 bits per heavy atom. The lowest BCUT2D eigenvalue weighted by Gasteiger charge is -2.06. The number of hydrogen-bond donors (Lipinski definition) is 1. The average Bonchev–Trinajstić information content (AvgIpc) is 2.16. The molecular weight excluding hydrogens is 200 g/mol. The van der Waals surface area contributed by atoms with Gasteiger partial charge in [-0.25, -0.2) is 8.78 Å². The maximum atomic E-state index is 12.8. The van der Waals surface area contributed by atoms with Crippen LogP contribution in [-0.2, 0) is 4.74 Å². The molecule has 0 bridgehead atoms. The van der Waals surface area contributed by atoms with Crippen LogP contribution in [0.1, 0.15) is 12.8 Å². The van der Waals surface area contributed by atoms with E-state index in [1.54, 1.807) is 7.11 Å². The van der Waals surface area contributed by atoms with Crippen molar-refractivity contribution in [2.45, 2.75) is 12.8 Å². The molecule has 2 nitrogen and oxygen atoms in total. The van der Waals surface area contributed by atoms with Gasteiger partial charge < -0.3 is 10.1 Å². The molecule has 0 aliphatic rings. The summed E-state index contributed by atoms with van der Waals surface area (Å²) in [5.41, 5.74) is 0.477. The minimum atomic E-state index is -0.561. The van der Waals surface area contributed by atoms with E-state index in [2.05, 4.69) is 5.32 Å². The highest BCUT2D eigenvalue weighted by molar-refractivity contribution is 5.43. The fourth-order valence-corrected chi connectivity index (χ4v) is 1.26. The third-order valence-electron chi connectivity index (χ3n) is 1.97. The molecule has 1 rings (SSSR count). The first kappa shape index (κ1) is 11.9. The van der Waals surface area contributed by atoms with Crippen molar-refractivity contribution >= 4 is 5.69 Å². The van der Waals surface area contributed by atoms with Gasteiger partial charge in [0.05, 0.1) is 0 Å². The second-order valence-electron chi connectivity index (χ2n) is 3.28. The molecule has 0 unspecified atom stereocenters. The van der Waals surface area contributed by atoms with Crippen LogP contribution in [0.25, 0.3) is 0 Å². The van der Waals surface area contributed by atoms with Gasteiger partial charge in [0.1, 0.15) is 11.6 Å². The van der Waals surface area contributed by atoms with Crippen molar-refractivity contribution in [2.75, 3.05) is 25.6 Å². The largest absolute Gasteiger partial charge is 0.385 e. The third kappa shape index (κ3) is 4.74. The summed E-state index contributed by atoms with van der Waals surface area (Å²) in [7, 11) is 1.65. The molecule has 0 radical (unpaired) electrons. The lowest BCUT2D eigenvalue weighted by atomic mass is 10.2. The van der Waals surface area contributed by atoms with Crippen LogP contribution in [0.2, 0.25) is 0 Å². The Labute approximate surface area is 88.3 Å². The monoisotopic (exact) mass is 215 g/mol. The summed E-state index contributed by atoms with van der Waals surface area (Å²) in [6.07, 6.45) is 1.84. The maximum absolute atomic E-state index is 12.8. The van der Waals surface area contributed by atoms with Crippen LogP contribution >= 0.6 is 0 Å². The van der Waals surface area contributed by atoms with Crippen molar-refractivity contribution in [3.05, 3.63) is 29.8 Å². The van der Waals surface area contributed by atoms with Gasteiger partial charge in [-0.2, -0.15) is 0 Å². The van der Waals surface area contributed by atoms with E-state index in [4.69, 9.17) is 4.74 Å². The van der Waals surface area contributed by atoms with Gasteiger partial charge in [0.25, 0.3) is 0 Å². The quantitative estimate of drug-likeness (QED) is 0.737. The first-order valence-electron chi connectivity index (χ1n) is 4.91. The smallest absolute Gasteiger partial charge is 0.128 e. The van der Waals surface area contributed by atoms with Crippen molar-refractivity contribution in [1.82, 2.24) is 0 Å². The zero-order valence-electron chi connectivity index (χ0n) is 8.72. The second kappa shape index (κ2) is 6.35. The number of rotatable bonds is 6. The summed E-state index contributed by atoms with van der Waals surface area (Å²) in [6.45, 7) is 1.39. The van der Waals surface area contributed by atoms with Crippen molar-refractivity contribution < 1.29 is 13.5 Å². The average molecular weight is 215 g/mol. The lowest BCUT2D eigenvalue weighted by Crippen LogP contribution is -2.03. The molecule has 1 aromatic rings. The topological polar surface area (TPSA) is 21.3 Å². The molecule has 0 saturated carbocycles. The molecule has 0 aliphatic carbocycles. The van der Waals surface area contributed by atoms with Crippen LogP contribution in [0.3, 0.4) is 0 Å². The van der Waals surface area contributed by atoms with E-state index in [-0.39, 0.29) is 0 Å². The number of methoxy groups -OCH3 is 1. The summed E-state index contributed by atoms with van der Waals surface area (Å²) < 4.78 is 30.4. The third-order valence-corrected chi connectivity index (χ3v) is 1.97. The van der Waals surface area contributed by atoms with E-state index in [1.165, 1.54) is 12.1 Å². The standard InChI is InChI=1S/C11H15F2NO/c1-15-5-3-2-4-14-11-7-9(12)6-10(13)8-11/h6-8,14H,2-5H2,1H3. The Kier molecular flexibility index (Phi) is 5.04. The highest BCUT2D eigenvalue weighted by Crippen LogP contribution is 2.12. The summed E-state index contributed by atoms with van der Waals surface area (Å²) >= 11 is 0. The van der Waals surface area contributed by atoms with Crippen molar-refractivity contribution in [3.8, 4) is 0 Å². The summed E-state index contributed by atoms with van der Waals surface area (Å²) in [4.78, 5) is 0. The number of unbranched alkanes of at least 4 members (excludes halogenated alkanes) is 1. The van der Waals surface area contributed by atoms with Crippen LogP contribution in [0.4, 0.5) is 14.5 Å². The van der Waals surface area contributed by atoms with Crippen LogP contribution in [0, 0.1) is 11.6 Å². The maximum Gasteiger partial charge on any atom is 0.128 e. The molecule has 1 N–H and O–H groups in total.